The first-order valence-electron chi connectivity index (χ1n) is 8.24. The topological polar surface area (TPSA) is 86.2 Å². The van der Waals surface area contributed by atoms with Crippen molar-refractivity contribution in [3.05, 3.63) is 0 Å². The van der Waals surface area contributed by atoms with Crippen LogP contribution in [0.3, 0.4) is 0 Å². The second-order valence-electron chi connectivity index (χ2n) is 6.10. The molecule has 1 atom stereocenters. The number of carbonyl (C=O) groups is 1. The quantitative estimate of drug-likeness (QED) is 0.325. The second-order valence-corrected chi connectivity index (χ2v) is 7.20. The Hall–Kier alpha value is -0.420. The van der Waals surface area contributed by atoms with Gasteiger partial charge in [-0.1, -0.05) is 0 Å². The van der Waals surface area contributed by atoms with E-state index < -0.39 is 5.60 Å². The van der Waals surface area contributed by atoms with Crippen LogP contribution in [0.15, 0.2) is 4.99 Å². The number of likely N-dealkylation sites (tertiary alicyclic amines) is 1. The number of hydrogen-bond acceptors (Lipinski definition) is 5. The fourth-order valence-corrected chi connectivity index (χ4v) is 4.08. The number of thioether (sulfide) groups is 1. The van der Waals surface area contributed by atoms with Gasteiger partial charge in [-0.3, -0.25) is 4.99 Å². The van der Waals surface area contributed by atoms with Crippen LogP contribution in [-0.2, 0) is 4.74 Å². The lowest BCUT2D eigenvalue weighted by Crippen LogP contribution is -2.50. The highest BCUT2D eigenvalue weighted by molar-refractivity contribution is 14.0. The molecule has 9 heteroatoms. The number of nitrogens with zero attached hydrogens (tertiary/aromatic N) is 2. The summed E-state index contributed by atoms with van der Waals surface area (Å²) >= 11 is 1.78. The molecule has 7 nitrogen and oxygen atoms in total. The number of piperidine rings is 1. The Bertz CT molecular complexity index is 425. The van der Waals surface area contributed by atoms with Crippen molar-refractivity contribution >= 4 is 47.8 Å². The van der Waals surface area contributed by atoms with E-state index in [0.29, 0.717) is 19.6 Å². The lowest BCUT2D eigenvalue weighted by Gasteiger charge is -2.32. The number of carbonyl (C=O) groups excluding carboxylic acids is 1. The first-order chi connectivity index (χ1) is 11.1. The van der Waals surface area contributed by atoms with Crippen LogP contribution in [0.1, 0.15) is 26.2 Å². The van der Waals surface area contributed by atoms with Gasteiger partial charge in [-0.15, -0.1) is 24.0 Å². The zero-order chi connectivity index (χ0) is 16.7. The summed E-state index contributed by atoms with van der Waals surface area (Å²) in [4.78, 5) is 17.8. The Morgan fingerprint density at radius 1 is 1.46 bits per heavy atom. The molecule has 2 heterocycles. The number of guanidine groups is 1. The van der Waals surface area contributed by atoms with E-state index >= 15 is 0 Å². The first kappa shape index (κ1) is 21.6. The van der Waals surface area contributed by atoms with Gasteiger partial charge in [0.15, 0.2) is 5.96 Å². The van der Waals surface area contributed by atoms with Gasteiger partial charge < -0.3 is 25.4 Å². The number of hydrogen-bond donors (Lipinski definition) is 3. The smallest absolute Gasteiger partial charge is 0.409 e. The predicted molar refractivity (Wildman–Crippen MR) is 108 cm³/mol. The van der Waals surface area contributed by atoms with Crippen LogP contribution in [-0.4, -0.2) is 78.5 Å². The van der Waals surface area contributed by atoms with Crippen LogP contribution >= 0.6 is 35.7 Å². The van der Waals surface area contributed by atoms with Gasteiger partial charge in [0.25, 0.3) is 0 Å². The third kappa shape index (κ3) is 6.47. The summed E-state index contributed by atoms with van der Waals surface area (Å²) in [5.74, 6) is 2.50. The van der Waals surface area contributed by atoms with Crippen molar-refractivity contribution in [1.29, 1.82) is 0 Å². The Labute approximate surface area is 165 Å². The molecule has 0 aliphatic carbocycles. The van der Waals surface area contributed by atoms with Crippen molar-refractivity contribution in [3.8, 4) is 0 Å². The Morgan fingerprint density at radius 2 is 2.17 bits per heavy atom. The van der Waals surface area contributed by atoms with E-state index in [0.717, 1.165) is 43.3 Å². The van der Waals surface area contributed by atoms with Crippen LogP contribution in [0.5, 0.6) is 0 Å². The molecular weight excluding hydrogens is 443 g/mol. The van der Waals surface area contributed by atoms with Crippen LogP contribution < -0.4 is 10.6 Å². The molecule has 140 valence electrons. The molecule has 1 unspecified atom stereocenters. The Morgan fingerprint density at radius 3 is 2.71 bits per heavy atom. The molecule has 2 rings (SSSR count). The first-order valence-corrected chi connectivity index (χ1v) is 9.39. The zero-order valence-corrected chi connectivity index (χ0v) is 17.6. The Kier molecular flexibility index (Phi) is 9.50. The molecule has 0 spiro atoms. The third-order valence-corrected chi connectivity index (χ3v) is 5.46. The number of aliphatic hydroxyl groups is 1. The lowest BCUT2D eigenvalue weighted by molar-refractivity contribution is 0.0777. The van der Waals surface area contributed by atoms with Crippen LogP contribution in [0.2, 0.25) is 0 Å². The van der Waals surface area contributed by atoms with Crippen molar-refractivity contribution in [1.82, 2.24) is 15.5 Å². The van der Waals surface area contributed by atoms with Crippen molar-refractivity contribution in [3.63, 3.8) is 0 Å². The largest absolute Gasteiger partial charge is 0.453 e. The molecule has 0 aromatic rings. The minimum Gasteiger partial charge on any atom is -0.453 e. The van der Waals surface area contributed by atoms with E-state index in [1.165, 1.54) is 7.11 Å². The van der Waals surface area contributed by atoms with Crippen LogP contribution in [0, 0.1) is 0 Å². The number of ether oxygens (including phenoxy) is 1. The molecule has 3 N–H and O–H groups in total. The minimum atomic E-state index is -0.665. The molecule has 0 aromatic heterocycles. The summed E-state index contributed by atoms with van der Waals surface area (Å²) in [5, 5.41) is 17.0. The molecule has 0 radical (unpaired) electrons. The summed E-state index contributed by atoms with van der Waals surface area (Å²) in [7, 11) is 1.41. The second kappa shape index (κ2) is 10.5. The molecule has 0 aromatic carbocycles. The standard InChI is InChI=1S/C15H28N4O3S.HI/c1-3-16-13(17-10-15(21)6-9-23-11-15)18-12-4-7-19(8-5-12)14(20)22-2;/h12,21H,3-11H2,1-2H3,(H2,16,17,18);1H. The van der Waals surface area contributed by atoms with Crippen LogP contribution in [0.25, 0.3) is 0 Å². The number of amides is 1. The summed E-state index contributed by atoms with van der Waals surface area (Å²) < 4.78 is 4.75. The minimum absolute atomic E-state index is 0. The van der Waals surface area contributed by atoms with Crippen LogP contribution in [0.4, 0.5) is 4.79 Å². The zero-order valence-electron chi connectivity index (χ0n) is 14.4. The van der Waals surface area contributed by atoms with Gasteiger partial charge in [0, 0.05) is 31.4 Å². The summed E-state index contributed by atoms with van der Waals surface area (Å²) in [5.41, 5.74) is -0.665. The lowest BCUT2D eigenvalue weighted by atomic mass is 10.0. The molecule has 1 amide bonds. The van der Waals surface area contributed by atoms with Gasteiger partial charge >= 0.3 is 6.09 Å². The number of methoxy groups -OCH3 is 1. The molecule has 2 fully saturated rings. The maximum atomic E-state index is 11.5. The van der Waals surface area contributed by atoms with E-state index in [2.05, 4.69) is 15.6 Å². The summed E-state index contributed by atoms with van der Waals surface area (Å²) in [6.45, 7) is 4.60. The highest BCUT2D eigenvalue weighted by atomic mass is 127. The van der Waals surface area contributed by atoms with Gasteiger partial charge in [-0.05, 0) is 31.9 Å². The van der Waals surface area contributed by atoms with Gasteiger partial charge in [-0.2, -0.15) is 11.8 Å². The van der Waals surface area contributed by atoms with Gasteiger partial charge in [0.1, 0.15) is 0 Å². The number of rotatable bonds is 4. The molecule has 0 bridgehead atoms. The molecule has 2 aliphatic rings. The van der Waals surface area contributed by atoms with E-state index in [1.54, 1.807) is 16.7 Å². The van der Waals surface area contributed by atoms with E-state index in [-0.39, 0.29) is 36.1 Å². The number of nitrogens with one attached hydrogen (secondary N) is 2. The average Bonchev–Trinajstić information content (AvgIpc) is 3.00. The highest BCUT2D eigenvalue weighted by Gasteiger charge is 2.31. The van der Waals surface area contributed by atoms with Crippen molar-refractivity contribution in [2.75, 3.05) is 44.8 Å². The van der Waals surface area contributed by atoms with E-state index in [1.807, 2.05) is 6.92 Å². The van der Waals surface area contributed by atoms with Crippen molar-refractivity contribution < 1.29 is 14.6 Å². The molecule has 2 aliphatic heterocycles. The normalized spacial score (nSPS) is 25.1. The maximum Gasteiger partial charge on any atom is 0.409 e. The monoisotopic (exact) mass is 472 g/mol. The highest BCUT2D eigenvalue weighted by Crippen LogP contribution is 2.27. The SMILES string of the molecule is CCNC(=NCC1(O)CCSC1)NC1CCN(C(=O)OC)CC1.I. The molecule has 2 saturated heterocycles. The number of halogens is 1. The number of aliphatic imine (C=N–C) groups is 1. The third-order valence-electron chi connectivity index (χ3n) is 4.23. The molecule has 24 heavy (non-hydrogen) atoms. The summed E-state index contributed by atoms with van der Waals surface area (Å²) in [6, 6.07) is 0.279. The van der Waals surface area contributed by atoms with Crippen molar-refractivity contribution in [2.24, 2.45) is 4.99 Å². The predicted octanol–water partition coefficient (Wildman–Crippen LogP) is 1.26. The van der Waals surface area contributed by atoms with E-state index in [4.69, 9.17) is 4.74 Å². The molecular formula is C15H29IN4O3S. The average molecular weight is 472 g/mol. The molecule has 0 saturated carbocycles. The van der Waals surface area contributed by atoms with Crippen molar-refractivity contribution in [2.45, 2.75) is 37.8 Å². The van der Waals surface area contributed by atoms with Gasteiger partial charge in [0.2, 0.25) is 0 Å². The van der Waals surface area contributed by atoms with Gasteiger partial charge in [-0.25, -0.2) is 4.79 Å². The van der Waals surface area contributed by atoms with E-state index in [9.17, 15) is 9.90 Å². The summed E-state index contributed by atoms with van der Waals surface area (Å²) in [6.07, 6.45) is 2.27. The fraction of sp³-hybridized carbons (Fsp3) is 0.867. The Balaban J connectivity index is 0.00000288. The fourth-order valence-electron chi connectivity index (χ4n) is 2.80. The maximum absolute atomic E-state index is 11.5. The van der Waals surface area contributed by atoms with Gasteiger partial charge in [0.05, 0.1) is 19.3 Å².